The van der Waals surface area contributed by atoms with Crippen LogP contribution < -0.4 is 10.2 Å². The van der Waals surface area contributed by atoms with Gasteiger partial charge in [-0.15, -0.1) is 0 Å². The van der Waals surface area contributed by atoms with Gasteiger partial charge in [-0.3, -0.25) is 4.79 Å². The zero-order valence-corrected chi connectivity index (χ0v) is 13.6. The number of anilines is 1. The van der Waals surface area contributed by atoms with Gasteiger partial charge in [-0.05, 0) is 31.9 Å². The monoisotopic (exact) mass is 327 g/mol. The number of piperidine rings is 1. The topological polar surface area (TPSA) is 91.2 Å². The van der Waals surface area contributed by atoms with Crippen LogP contribution in [0.25, 0.3) is 0 Å². The molecular formula is C17H21N5O2. The Balaban J connectivity index is 1.61. The number of nitrogens with one attached hydrogen (secondary N) is 1. The van der Waals surface area contributed by atoms with Crippen molar-refractivity contribution >= 4 is 11.7 Å². The molecule has 2 aromatic rings. The van der Waals surface area contributed by atoms with Gasteiger partial charge in [0.2, 0.25) is 0 Å². The van der Waals surface area contributed by atoms with Crippen molar-refractivity contribution < 1.29 is 9.90 Å². The molecule has 0 bridgehead atoms. The number of pyridine rings is 1. The lowest BCUT2D eigenvalue weighted by Crippen LogP contribution is -2.54. The minimum absolute atomic E-state index is 0.184. The van der Waals surface area contributed by atoms with Crippen LogP contribution in [0.4, 0.5) is 5.82 Å². The zero-order valence-electron chi connectivity index (χ0n) is 13.6. The first-order chi connectivity index (χ1) is 11.6. The van der Waals surface area contributed by atoms with Crippen LogP contribution >= 0.6 is 0 Å². The highest BCUT2D eigenvalue weighted by Crippen LogP contribution is 2.24. The smallest absolute Gasteiger partial charge is 0.254 e. The first kappa shape index (κ1) is 16.3. The molecule has 1 aliphatic heterocycles. The molecule has 3 rings (SSSR count). The Bertz CT molecular complexity index is 692. The van der Waals surface area contributed by atoms with Crippen LogP contribution in [0.3, 0.4) is 0 Å². The molecule has 0 saturated carbocycles. The molecular weight excluding hydrogens is 306 g/mol. The van der Waals surface area contributed by atoms with E-state index >= 15 is 0 Å². The molecule has 7 heteroatoms. The Morgan fingerprint density at radius 3 is 2.83 bits per heavy atom. The van der Waals surface area contributed by atoms with Gasteiger partial charge in [0.25, 0.3) is 5.91 Å². The molecule has 2 N–H and O–H groups in total. The molecule has 1 fully saturated rings. The highest BCUT2D eigenvalue weighted by atomic mass is 16.3. The van der Waals surface area contributed by atoms with E-state index in [1.54, 1.807) is 13.1 Å². The lowest BCUT2D eigenvalue weighted by Gasteiger charge is -2.39. The lowest BCUT2D eigenvalue weighted by molar-refractivity contribution is 0.0254. The van der Waals surface area contributed by atoms with Gasteiger partial charge in [0, 0.05) is 38.2 Å². The maximum atomic E-state index is 12.2. The number of amides is 1. The largest absolute Gasteiger partial charge is 0.386 e. The quantitative estimate of drug-likeness (QED) is 0.868. The highest BCUT2D eigenvalue weighted by molar-refractivity contribution is 5.93. The Hall–Kier alpha value is -2.54. The molecule has 2 aromatic heterocycles. The Kier molecular flexibility index (Phi) is 4.71. The minimum Gasteiger partial charge on any atom is -0.386 e. The summed E-state index contributed by atoms with van der Waals surface area (Å²) in [5.41, 5.74) is -0.585. The number of β-amino-alcohol motifs (C(OH)–C–C–N with tert-alkyl or cyclic N) is 1. The van der Waals surface area contributed by atoms with Crippen molar-refractivity contribution in [3.8, 4) is 0 Å². The summed E-state index contributed by atoms with van der Waals surface area (Å²) in [6.07, 6.45) is 6.20. The molecule has 0 aromatic carbocycles. The van der Waals surface area contributed by atoms with E-state index in [9.17, 15) is 9.90 Å². The fourth-order valence-electron chi connectivity index (χ4n) is 2.85. The maximum Gasteiger partial charge on any atom is 0.254 e. The molecule has 0 aliphatic carbocycles. The summed E-state index contributed by atoms with van der Waals surface area (Å²) in [6.45, 7) is 3.23. The van der Waals surface area contributed by atoms with E-state index in [0.717, 1.165) is 18.8 Å². The van der Waals surface area contributed by atoms with Crippen molar-refractivity contribution in [2.45, 2.75) is 25.4 Å². The summed E-state index contributed by atoms with van der Waals surface area (Å²) in [5, 5.41) is 13.6. The Morgan fingerprint density at radius 2 is 2.12 bits per heavy atom. The third-order valence-electron chi connectivity index (χ3n) is 4.15. The third kappa shape index (κ3) is 3.86. The summed E-state index contributed by atoms with van der Waals surface area (Å²) in [7, 11) is 0. The lowest BCUT2D eigenvalue weighted by atomic mass is 9.92. The van der Waals surface area contributed by atoms with E-state index in [1.807, 2.05) is 23.1 Å². The number of rotatable bonds is 4. The molecule has 0 radical (unpaired) electrons. The SMILES string of the molecule is Cc1ncc(C(=O)NCC2(O)CCCN(c3ccccn3)C2)cn1. The van der Waals surface area contributed by atoms with Crippen LogP contribution in [0, 0.1) is 6.92 Å². The number of hydrogen-bond donors (Lipinski definition) is 2. The van der Waals surface area contributed by atoms with Crippen LogP contribution in [0.1, 0.15) is 29.0 Å². The maximum absolute atomic E-state index is 12.2. The number of hydrogen-bond acceptors (Lipinski definition) is 6. The molecule has 1 saturated heterocycles. The van der Waals surface area contributed by atoms with Crippen LogP contribution in [0.2, 0.25) is 0 Å². The van der Waals surface area contributed by atoms with Gasteiger partial charge < -0.3 is 15.3 Å². The first-order valence-electron chi connectivity index (χ1n) is 8.01. The molecule has 1 atom stereocenters. The van der Waals surface area contributed by atoms with Gasteiger partial charge in [-0.1, -0.05) is 6.07 Å². The summed E-state index contributed by atoms with van der Waals surface area (Å²) < 4.78 is 0. The van der Waals surface area contributed by atoms with E-state index in [0.29, 0.717) is 24.4 Å². The summed E-state index contributed by atoms with van der Waals surface area (Å²) in [6, 6.07) is 5.71. The van der Waals surface area contributed by atoms with Gasteiger partial charge in [-0.25, -0.2) is 15.0 Å². The van der Waals surface area contributed by atoms with E-state index < -0.39 is 5.60 Å². The van der Waals surface area contributed by atoms with E-state index in [2.05, 4.69) is 20.3 Å². The van der Waals surface area contributed by atoms with Crippen LogP contribution in [-0.2, 0) is 0 Å². The number of aliphatic hydroxyl groups is 1. The van der Waals surface area contributed by atoms with Crippen molar-refractivity contribution in [3.05, 3.63) is 48.2 Å². The van der Waals surface area contributed by atoms with E-state index in [4.69, 9.17) is 0 Å². The van der Waals surface area contributed by atoms with Crippen molar-refractivity contribution in [2.24, 2.45) is 0 Å². The van der Waals surface area contributed by atoms with Crippen molar-refractivity contribution in [3.63, 3.8) is 0 Å². The molecule has 1 unspecified atom stereocenters. The van der Waals surface area contributed by atoms with Crippen molar-refractivity contribution in [2.75, 3.05) is 24.5 Å². The van der Waals surface area contributed by atoms with E-state index in [-0.39, 0.29) is 12.5 Å². The fourth-order valence-corrected chi connectivity index (χ4v) is 2.85. The second-order valence-electron chi connectivity index (χ2n) is 6.14. The van der Waals surface area contributed by atoms with Gasteiger partial charge >= 0.3 is 0 Å². The Morgan fingerprint density at radius 1 is 1.33 bits per heavy atom. The summed E-state index contributed by atoms with van der Waals surface area (Å²) >= 11 is 0. The van der Waals surface area contributed by atoms with Crippen molar-refractivity contribution in [1.29, 1.82) is 0 Å². The predicted molar refractivity (Wildman–Crippen MR) is 89.7 cm³/mol. The van der Waals surface area contributed by atoms with Crippen LogP contribution in [-0.4, -0.2) is 51.2 Å². The van der Waals surface area contributed by atoms with Crippen molar-refractivity contribution in [1.82, 2.24) is 20.3 Å². The third-order valence-corrected chi connectivity index (χ3v) is 4.15. The molecule has 24 heavy (non-hydrogen) atoms. The minimum atomic E-state index is -0.975. The zero-order chi connectivity index (χ0) is 17.0. The van der Waals surface area contributed by atoms with Gasteiger partial charge in [0.05, 0.1) is 11.2 Å². The molecule has 1 amide bonds. The fraction of sp³-hybridized carbons (Fsp3) is 0.412. The molecule has 126 valence electrons. The summed E-state index contributed by atoms with van der Waals surface area (Å²) in [5.74, 6) is 1.18. The second-order valence-corrected chi connectivity index (χ2v) is 6.14. The second kappa shape index (κ2) is 6.92. The number of carbonyl (C=O) groups is 1. The van der Waals surface area contributed by atoms with Gasteiger partial charge in [0.15, 0.2) is 0 Å². The molecule has 0 spiro atoms. The first-order valence-corrected chi connectivity index (χ1v) is 8.01. The normalized spacial score (nSPS) is 20.7. The number of nitrogens with zero attached hydrogens (tertiary/aromatic N) is 4. The van der Waals surface area contributed by atoms with Crippen LogP contribution in [0.5, 0.6) is 0 Å². The Labute approximate surface area is 140 Å². The average molecular weight is 327 g/mol. The molecule has 3 heterocycles. The number of aromatic nitrogens is 3. The molecule has 7 nitrogen and oxygen atoms in total. The van der Waals surface area contributed by atoms with Gasteiger partial charge in [-0.2, -0.15) is 0 Å². The van der Waals surface area contributed by atoms with E-state index in [1.165, 1.54) is 12.4 Å². The highest BCUT2D eigenvalue weighted by Gasteiger charge is 2.34. The van der Waals surface area contributed by atoms with Gasteiger partial charge in [0.1, 0.15) is 11.6 Å². The average Bonchev–Trinajstić information content (AvgIpc) is 2.61. The molecule has 1 aliphatic rings. The standard InChI is InChI=1S/C17H21N5O2/c1-13-19-9-14(10-20-13)16(23)21-11-17(24)6-4-8-22(12-17)15-5-2-3-7-18-15/h2-3,5,7,9-10,24H,4,6,8,11-12H2,1H3,(H,21,23). The predicted octanol–water partition coefficient (Wildman–Crippen LogP) is 0.941. The van der Waals surface area contributed by atoms with Crippen LogP contribution in [0.15, 0.2) is 36.8 Å². The number of aryl methyl sites for hydroxylation is 1. The summed E-state index contributed by atoms with van der Waals surface area (Å²) in [4.78, 5) is 26.6. The number of carbonyl (C=O) groups excluding carboxylic acids is 1.